The Morgan fingerprint density at radius 1 is 0.441 bits per heavy atom. The molecule has 4 unspecified atom stereocenters. The summed E-state index contributed by atoms with van der Waals surface area (Å²) >= 11 is 0. The molecule has 0 saturated carbocycles. The number of carboxylic acid groups (broad SMARTS) is 2. The monoisotopic (exact) mass is 949 g/mol. The first kappa shape index (κ1) is 57.8. The minimum Gasteiger partial charge on any atom is -0.547 e. The molecular formula is C50H82BaO8. The fourth-order valence-corrected chi connectivity index (χ4v) is 7.22. The van der Waals surface area contributed by atoms with Crippen LogP contribution in [0.2, 0.25) is 0 Å². The third kappa shape index (κ3) is 36.0. The Bertz CT molecular complexity index is 1110. The second kappa shape index (κ2) is 42.1. The fourth-order valence-electron chi connectivity index (χ4n) is 7.22. The van der Waals surface area contributed by atoms with Crippen LogP contribution in [0.15, 0.2) is 60.7 Å². The van der Waals surface area contributed by atoms with Crippen molar-refractivity contribution in [3.05, 3.63) is 71.8 Å². The molecule has 0 aliphatic heterocycles. The van der Waals surface area contributed by atoms with E-state index in [-0.39, 0.29) is 48.9 Å². The molecule has 0 saturated heterocycles. The van der Waals surface area contributed by atoms with Crippen LogP contribution in [0, 0.1) is 0 Å². The average Bonchev–Trinajstić information content (AvgIpc) is 3.24. The van der Waals surface area contributed by atoms with Gasteiger partial charge in [-0.25, -0.2) is 0 Å². The van der Waals surface area contributed by atoms with Crippen molar-refractivity contribution >= 4 is 60.8 Å². The Labute approximate surface area is 400 Å². The van der Waals surface area contributed by atoms with Gasteiger partial charge in [0.1, 0.15) is 0 Å². The zero-order valence-electron chi connectivity index (χ0n) is 37.3. The number of ether oxygens (including phenoxy) is 2. The summed E-state index contributed by atoms with van der Waals surface area (Å²) in [5.74, 6) is -2.70. The minimum absolute atomic E-state index is 0. The maximum Gasteiger partial charge on any atom is 2.00 e. The molecule has 4 atom stereocenters. The predicted molar refractivity (Wildman–Crippen MR) is 238 cm³/mol. The maximum atomic E-state index is 10.4. The molecule has 0 amide bonds. The Balaban J connectivity index is 0.00000112. The van der Waals surface area contributed by atoms with E-state index in [0.29, 0.717) is 25.0 Å². The quantitative estimate of drug-likeness (QED) is 0.0501. The van der Waals surface area contributed by atoms with E-state index in [2.05, 4.69) is 62.4 Å². The van der Waals surface area contributed by atoms with Gasteiger partial charge in [-0.05, 0) is 49.7 Å². The number of aliphatic carboxylic acids is 2. The van der Waals surface area contributed by atoms with E-state index in [1.165, 1.54) is 114 Å². The Morgan fingerprint density at radius 3 is 0.915 bits per heavy atom. The van der Waals surface area contributed by atoms with Crippen molar-refractivity contribution < 1.29 is 39.5 Å². The van der Waals surface area contributed by atoms with Crippen LogP contribution < -0.4 is 10.2 Å². The Kier molecular flexibility index (Phi) is 41.2. The van der Waals surface area contributed by atoms with Crippen molar-refractivity contribution in [1.82, 2.24) is 0 Å². The summed E-state index contributed by atoms with van der Waals surface area (Å²) in [5, 5.41) is 39.1. The molecular weight excluding hydrogens is 866 g/mol. The van der Waals surface area contributed by atoms with Crippen LogP contribution in [0.1, 0.15) is 205 Å². The second-order valence-electron chi connectivity index (χ2n) is 16.3. The van der Waals surface area contributed by atoms with Crippen LogP contribution in [-0.2, 0) is 32.3 Å². The van der Waals surface area contributed by atoms with Crippen molar-refractivity contribution in [2.24, 2.45) is 0 Å². The number of aliphatic hydroxyl groups is 2. The number of rotatable bonds is 38. The van der Waals surface area contributed by atoms with E-state index in [9.17, 15) is 19.8 Å². The van der Waals surface area contributed by atoms with Gasteiger partial charge in [-0.1, -0.05) is 216 Å². The zero-order chi connectivity index (χ0) is 42.3. The summed E-state index contributed by atoms with van der Waals surface area (Å²) in [5.41, 5.74) is 2.50. The molecule has 9 heteroatoms. The molecule has 2 aromatic rings. The number of hydrogen-bond acceptors (Lipinski definition) is 8. The molecule has 2 aromatic carbocycles. The zero-order valence-corrected chi connectivity index (χ0v) is 41.8. The van der Waals surface area contributed by atoms with Gasteiger partial charge in [0.15, 0.2) is 0 Å². The van der Waals surface area contributed by atoms with Gasteiger partial charge in [0.25, 0.3) is 0 Å². The summed E-state index contributed by atoms with van der Waals surface area (Å²) in [6, 6.07) is 20.8. The third-order valence-electron chi connectivity index (χ3n) is 11.1. The van der Waals surface area contributed by atoms with Gasteiger partial charge >= 0.3 is 48.9 Å². The third-order valence-corrected chi connectivity index (χ3v) is 11.1. The normalized spacial score (nSPS) is 13.1. The van der Waals surface area contributed by atoms with E-state index in [4.69, 9.17) is 19.7 Å². The molecule has 2 rings (SSSR count). The van der Waals surface area contributed by atoms with E-state index in [0.717, 1.165) is 77.4 Å². The molecule has 0 aliphatic carbocycles. The van der Waals surface area contributed by atoms with Gasteiger partial charge < -0.3 is 39.5 Å². The van der Waals surface area contributed by atoms with Crippen molar-refractivity contribution in [3.63, 3.8) is 0 Å². The number of carboxylic acids is 2. The average molecular weight is 949 g/mol. The van der Waals surface area contributed by atoms with E-state index < -0.39 is 24.1 Å². The number of benzene rings is 2. The number of carbonyl (C=O) groups excluding carboxylic acids is 2. The maximum absolute atomic E-state index is 10.4. The van der Waals surface area contributed by atoms with Crippen LogP contribution in [0.4, 0.5) is 0 Å². The molecule has 0 heterocycles. The second-order valence-corrected chi connectivity index (χ2v) is 16.3. The summed E-state index contributed by atoms with van der Waals surface area (Å²) in [6.07, 6.45) is 29.6. The van der Waals surface area contributed by atoms with Crippen LogP contribution in [-0.4, -0.2) is 95.4 Å². The topological polar surface area (TPSA) is 139 Å². The van der Waals surface area contributed by atoms with E-state index in [1.807, 2.05) is 12.1 Å². The number of carbonyl (C=O) groups is 2. The molecule has 59 heavy (non-hydrogen) atoms. The van der Waals surface area contributed by atoms with Gasteiger partial charge in [-0.3, -0.25) is 0 Å². The van der Waals surface area contributed by atoms with E-state index in [1.54, 1.807) is 0 Å². The molecule has 0 radical (unpaired) electrons. The van der Waals surface area contributed by atoms with Crippen molar-refractivity contribution in [2.75, 3.05) is 0 Å². The standard InChI is InChI=1S/2C25H42O4.Ba/c2*1-2-23(29-21-22-17-13-12-14-18-22)19-15-10-8-6-4-3-5-7-9-11-16-20-24(26)25(27)28;/h2*12-14,17-18,23-24,26H,2-11,15-16,19-21H2,1H3,(H,27,28);/q;;+2/p-2. The molecule has 0 spiro atoms. The van der Waals surface area contributed by atoms with Crippen molar-refractivity contribution in [1.29, 1.82) is 0 Å². The first-order chi connectivity index (χ1) is 28.3. The molecule has 332 valence electrons. The predicted octanol–water partition coefficient (Wildman–Crippen LogP) is 9.95. The molecule has 2 N–H and O–H groups in total. The van der Waals surface area contributed by atoms with E-state index >= 15 is 0 Å². The molecule has 0 aromatic heterocycles. The summed E-state index contributed by atoms with van der Waals surface area (Å²) < 4.78 is 12.1. The molecule has 0 fully saturated rings. The molecule has 8 nitrogen and oxygen atoms in total. The summed E-state index contributed by atoms with van der Waals surface area (Å²) in [7, 11) is 0. The van der Waals surface area contributed by atoms with Crippen LogP contribution in [0.25, 0.3) is 0 Å². The van der Waals surface area contributed by atoms with Crippen LogP contribution in [0.5, 0.6) is 0 Å². The summed E-state index contributed by atoms with van der Waals surface area (Å²) in [4.78, 5) is 20.8. The number of hydrogen-bond donors (Lipinski definition) is 2. The summed E-state index contributed by atoms with van der Waals surface area (Å²) in [6.45, 7) is 5.86. The first-order valence-corrected chi connectivity index (χ1v) is 23.4. The minimum atomic E-state index is -1.35. The van der Waals surface area contributed by atoms with Gasteiger partial charge in [0.2, 0.25) is 0 Å². The fraction of sp³-hybridized carbons (Fsp3) is 0.720. The number of unbranched alkanes of at least 4 members (excludes halogenated alkanes) is 20. The first-order valence-electron chi connectivity index (χ1n) is 23.4. The van der Waals surface area contributed by atoms with Gasteiger partial charge in [0, 0.05) is 0 Å². The smallest absolute Gasteiger partial charge is 0.547 e. The van der Waals surface area contributed by atoms with Crippen molar-refractivity contribution in [2.45, 2.75) is 231 Å². The molecule has 0 bridgehead atoms. The van der Waals surface area contributed by atoms with Crippen LogP contribution >= 0.6 is 0 Å². The number of aliphatic hydroxyl groups excluding tert-OH is 2. The van der Waals surface area contributed by atoms with Crippen LogP contribution in [0.3, 0.4) is 0 Å². The van der Waals surface area contributed by atoms with Gasteiger partial charge in [-0.2, -0.15) is 0 Å². The van der Waals surface area contributed by atoms with Gasteiger partial charge in [0.05, 0.1) is 49.6 Å². The van der Waals surface area contributed by atoms with Gasteiger partial charge in [-0.15, -0.1) is 0 Å². The Hall–Kier alpha value is -1.21. The SMILES string of the molecule is CCC(CCCCCCCCCCCCCC(O)C(=O)[O-])OCc1ccccc1.CCC(CCCCCCCCCCCCCC(O)C(=O)[O-])OCc1ccccc1.[Ba+2]. The van der Waals surface area contributed by atoms with Crippen molar-refractivity contribution in [3.8, 4) is 0 Å². The largest absolute Gasteiger partial charge is 2.00 e. The Morgan fingerprint density at radius 2 is 0.678 bits per heavy atom. The molecule has 0 aliphatic rings.